The van der Waals surface area contributed by atoms with Crippen molar-refractivity contribution < 1.29 is 27.5 Å². The van der Waals surface area contributed by atoms with Gasteiger partial charge < -0.3 is 15.0 Å². The highest BCUT2D eigenvalue weighted by Gasteiger charge is 2.54. The fourth-order valence-electron chi connectivity index (χ4n) is 4.72. The van der Waals surface area contributed by atoms with Gasteiger partial charge in [-0.25, -0.2) is 9.97 Å². The van der Waals surface area contributed by atoms with Crippen LogP contribution >= 0.6 is 11.6 Å². The van der Waals surface area contributed by atoms with Gasteiger partial charge in [-0.2, -0.15) is 18.3 Å². The smallest absolute Gasteiger partial charge is 0.405 e. The molecule has 184 valence electrons. The van der Waals surface area contributed by atoms with Crippen molar-refractivity contribution in [2.75, 3.05) is 18.0 Å². The third-order valence-corrected chi connectivity index (χ3v) is 6.58. The number of carbonyl (C=O) groups excluding carboxylic acids is 2. The van der Waals surface area contributed by atoms with Crippen LogP contribution in [0.5, 0.6) is 5.88 Å². The number of rotatable bonds is 5. The fraction of sp³-hybridized carbons (Fsp3) is 0.409. The van der Waals surface area contributed by atoms with E-state index >= 15 is 0 Å². The summed E-state index contributed by atoms with van der Waals surface area (Å²) in [6, 6.07) is 6.61. The van der Waals surface area contributed by atoms with Crippen LogP contribution in [0.4, 0.5) is 18.9 Å². The molecule has 13 heteroatoms. The molecule has 2 amide bonds. The molecule has 35 heavy (non-hydrogen) atoms. The first-order chi connectivity index (χ1) is 16.6. The third-order valence-electron chi connectivity index (χ3n) is 6.37. The molecule has 3 aromatic rings. The molecule has 0 radical (unpaired) electrons. The number of carbonyl (C=O) groups is 2. The summed E-state index contributed by atoms with van der Waals surface area (Å²) < 4.78 is 43.5. The summed E-state index contributed by atoms with van der Waals surface area (Å²) in [5.41, 5.74) is 1.26. The van der Waals surface area contributed by atoms with Gasteiger partial charge in [-0.05, 0) is 43.9 Å². The van der Waals surface area contributed by atoms with Gasteiger partial charge in [-0.3, -0.25) is 14.7 Å². The van der Waals surface area contributed by atoms with E-state index in [1.165, 1.54) is 11.0 Å². The Morgan fingerprint density at radius 1 is 1.23 bits per heavy atom. The van der Waals surface area contributed by atoms with Crippen molar-refractivity contribution in [3.63, 3.8) is 0 Å². The molecule has 4 heterocycles. The van der Waals surface area contributed by atoms with E-state index in [0.29, 0.717) is 48.5 Å². The van der Waals surface area contributed by atoms with Crippen molar-refractivity contribution in [2.24, 2.45) is 0 Å². The number of fused-ring (bicyclic) bond motifs is 3. The normalized spacial score (nSPS) is 22.0. The first-order valence-electron chi connectivity index (χ1n) is 10.9. The minimum atomic E-state index is -4.55. The van der Waals surface area contributed by atoms with Crippen LogP contribution in [0, 0.1) is 0 Å². The van der Waals surface area contributed by atoms with E-state index < -0.39 is 30.6 Å². The van der Waals surface area contributed by atoms with Gasteiger partial charge >= 0.3 is 6.18 Å². The molecular formula is C22H20ClF3N6O3. The summed E-state index contributed by atoms with van der Waals surface area (Å²) in [6.45, 7) is -2.01. The summed E-state index contributed by atoms with van der Waals surface area (Å²) >= 11 is 6.12. The maximum Gasteiger partial charge on any atom is 0.405 e. The molecule has 2 aliphatic rings. The predicted octanol–water partition coefficient (Wildman–Crippen LogP) is 3.29. The van der Waals surface area contributed by atoms with Crippen LogP contribution in [-0.2, 0) is 15.0 Å². The molecule has 3 aromatic heterocycles. The van der Waals surface area contributed by atoms with Gasteiger partial charge in [0.1, 0.15) is 29.9 Å². The Balaban J connectivity index is 1.32. The van der Waals surface area contributed by atoms with Gasteiger partial charge in [0.05, 0.1) is 28.5 Å². The molecule has 1 aliphatic carbocycles. The quantitative estimate of drug-likeness (QED) is 0.511. The maximum atomic E-state index is 13.5. The van der Waals surface area contributed by atoms with Crippen LogP contribution in [0.3, 0.4) is 0 Å². The molecule has 9 nitrogen and oxygen atoms in total. The summed E-state index contributed by atoms with van der Waals surface area (Å²) in [6.07, 6.45) is -1.36. The van der Waals surface area contributed by atoms with E-state index in [2.05, 4.69) is 20.2 Å². The number of alkyl halides is 3. The Kier molecular flexibility index (Phi) is 5.78. The van der Waals surface area contributed by atoms with E-state index in [1.807, 2.05) is 11.4 Å². The monoisotopic (exact) mass is 508 g/mol. The summed E-state index contributed by atoms with van der Waals surface area (Å²) in [4.78, 5) is 35.7. The van der Waals surface area contributed by atoms with Crippen molar-refractivity contribution in [3.8, 4) is 5.88 Å². The van der Waals surface area contributed by atoms with Crippen molar-refractivity contribution in [2.45, 2.75) is 43.4 Å². The predicted molar refractivity (Wildman–Crippen MR) is 119 cm³/mol. The number of H-pyrrole nitrogens is 1. The molecule has 2 N–H and O–H groups in total. The highest BCUT2D eigenvalue weighted by molar-refractivity contribution is 6.29. The number of hydrogen-bond donors (Lipinski definition) is 2. The van der Waals surface area contributed by atoms with Crippen LogP contribution in [0.15, 0.2) is 30.5 Å². The highest BCUT2D eigenvalue weighted by Crippen LogP contribution is 2.49. The van der Waals surface area contributed by atoms with Gasteiger partial charge in [0.25, 0.3) is 0 Å². The Morgan fingerprint density at radius 2 is 2.00 bits per heavy atom. The maximum absolute atomic E-state index is 13.5. The van der Waals surface area contributed by atoms with Crippen LogP contribution in [0.2, 0.25) is 5.15 Å². The van der Waals surface area contributed by atoms with E-state index in [4.69, 9.17) is 16.3 Å². The number of anilines is 1. The van der Waals surface area contributed by atoms with E-state index in [1.54, 1.807) is 18.3 Å². The first-order valence-corrected chi connectivity index (χ1v) is 11.3. The third kappa shape index (κ3) is 4.49. The molecule has 1 spiro atoms. The average molecular weight is 509 g/mol. The molecular weight excluding hydrogens is 489 g/mol. The number of nitrogens with zero attached hydrogens (tertiary/aromatic N) is 4. The molecule has 1 saturated carbocycles. The van der Waals surface area contributed by atoms with Gasteiger partial charge in [-0.1, -0.05) is 11.6 Å². The topological polar surface area (TPSA) is 113 Å². The second kappa shape index (κ2) is 8.67. The second-order valence-electron chi connectivity index (χ2n) is 8.64. The van der Waals surface area contributed by atoms with E-state index in [-0.39, 0.29) is 17.2 Å². The minimum absolute atomic E-state index is 0.190. The Bertz CT molecular complexity index is 1290. The van der Waals surface area contributed by atoms with Crippen LogP contribution in [0.1, 0.15) is 31.4 Å². The number of hydrogen-bond acceptors (Lipinski definition) is 6. The molecule has 5 rings (SSSR count). The number of pyridine rings is 2. The molecule has 0 bridgehead atoms. The minimum Gasteiger partial charge on any atom is -0.474 e. The molecule has 0 unspecified atom stereocenters. The summed E-state index contributed by atoms with van der Waals surface area (Å²) in [5.74, 6) is -0.839. The average Bonchev–Trinajstić information content (AvgIpc) is 3.36. The number of aromatic amines is 1. The van der Waals surface area contributed by atoms with Crippen LogP contribution in [-0.4, -0.2) is 57.3 Å². The van der Waals surface area contributed by atoms with Crippen molar-refractivity contribution in [1.82, 2.24) is 25.5 Å². The van der Waals surface area contributed by atoms with E-state index in [9.17, 15) is 22.8 Å². The van der Waals surface area contributed by atoms with Gasteiger partial charge in [0.15, 0.2) is 0 Å². The zero-order valence-corrected chi connectivity index (χ0v) is 19.0. The number of halogens is 4. The number of nitrogens with one attached hydrogen (secondary N) is 2. The Hall–Kier alpha value is -3.41. The van der Waals surface area contributed by atoms with Crippen molar-refractivity contribution in [3.05, 3.63) is 41.3 Å². The Labute approximate surface area is 202 Å². The van der Waals surface area contributed by atoms with Crippen molar-refractivity contribution >= 4 is 40.1 Å². The summed E-state index contributed by atoms with van der Waals surface area (Å²) in [5, 5.41) is 8.76. The molecule has 0 aromatic carbocycles. The summed E-state index contributed by atoms with van der Waals surface area (Å²) in [7, 11) is 0. The molecule has 0 atom stereocenters. The number of aromatic nitrogens is 4. The molecule has 1 aliphatic heterocycles. The van der Waals surface area contributed by atoms with Gasteiger partial charge in [-0.15, -0.1) is 0 Å². The molecule has 0 saturated heterocycles. The fourth-order valence-corrected chi connectivity index (χ4v) is 4.87. The number of ether oxygens (including phenoxy) is 1. The van der Waals surface area contributed by atoms with Gasteiger partial charge in [0, 0.05) is 6.07 Å². The SMILES string of the molecule is O=C(CN1C(=O)C2(CCC(Oc3ccc4[nH]ncc4n3)CC2)c2nc(Cl)ccc21)NCC(F)(F)F. The largest absolute Gasteiger partial charge is 0.474 e. The number of amides is 2. The first kappa shape index (κ1) is 23.3. The van der Waals surface area contributed by atoms with Crippen LogP contribution < -0.4 is 15.0 Å². The lowest BCUT2D eigenvalue weighted by Gasteiger charge is -2.35. The van der Waals surface area contributed by atoms with Crippen molar-refractivity contribution in [1.29, 1.82) is 0 Å². The lowest BCUT2D eigenvalue weighted by molar-refractivity contribution is -0.138. The zero-order valence-electron chi connectivity index (χ0n) is 18.2. The zero-order chi connectivity index (χ0) is 24.8. The lowest BCUT2D eigenvalue weighted by Crippen LogP contribution is -2.48. The van der Waals surface area contributed by atoms with Gasteiger partial charge in [0.2, 0.25) is 17.7 Å². The second-order valence-corrected chi connectivity index (χ2v) is 9.02. The highest BCUT2D eigenvalue weighted by atomic mass is 35.5. The van der Waals surface area contributed by atoms with Crippen LogP contribution in [0.25, 0.3) is 11.0 Å². The molecule has 1 fully saturated rings. The lowest BCUT2D eigenvalue weighted by atomic mass is 9.71. The Morgan fingerprint density at radius 3 is 2.74 bits per heavy atom. The standard InChI is InChI=1S/C22H20ClF3N6O3/c23-16-3-2-15-19(30-16)21(20(34)32(15)10-17(33)27-11-22(24,25)26)7-5-12(6-8-21)35-18-4-1-13-14(29-18)9-28-31-13/h1-4,9,12H,5-8,10-11H2,(H,27,33)(H,28,31). The van der Waals surface area contributed by atoms with E-state index in [0.717, 1.165) is 5.52 Å².